The molecule has 0 rings (SSSR count). The number of hydrogen-bond acceptors (Lipinski definition) is 3. The lowest BCUT2D eigenvalue weighted by molar-refractivity contribution is -0.128. The highest BCUT2D eigenvalue weighted by atomic mass is 16.5. The molecular formula is C11H24N2O2. The van der Waals surface area contributed by atoms with Crippen LogP contribution in [0.1, 0.15) is 27.7 Å². The highest BCUT2D eigenvalue weighted by molar-refractivity contribution is 5.79. The molecule has 0 aromatic heterocycles. The summed E-state index contributed by atoms with van der Waals surface area (Å²) in [7, 11) is 1.62. The van der Waals surface area contributed by atoms with E-state index in [4.69, 9.17) is 10.5 Å². The molecule has 1 atom stereocenters. The summed E-state index contributed by atoms with van der Waals surface area (Å²) in [6, 6.07) is 0. The molecule has 0 heterocycles. The Bertz CT molecular complexity index is 203. The predicted molar refractivity (Wildman–Crippen MR) is 61.5 cm³/mol. The number of carbonyl (C=O) groups excluding carboxylic acids is 1. The maximum Gasteiger partial charge on any atom is 0.225 e. The molecule has 0 bridgehead atoms. The van der Waals surface area contributed by atoms with Crippen molar-refractivity contribution >= 4 is 5.91 Å². The lowest BCUT2D eigenvalue weighted by atomic mass is 9.93. The van der Waals surface area contributed by atoms with E-state index in [0.29, 0.717) is 13.2 Å². The zero-order valence-corrected chi connectivity index (χ0v) is 10.5. The van der Waals surface area contributed by atoms with E-state index in [1.165, 1.54) is 0 Å². The Morgan fingerprint density at radius 1 is 1.47 bits per heavy atom. The van der Waals surface area contributed by atoms with Gasteiger partial charge < -0.3 is 15.8 Å². The predicted octanol–water partition coefficient (Wildman–Crippen LogP) is 0.759. The van der Waals surface area contributed by atoms with Crippen molar-refractivity contribution in [1.82, 2.24) is 5.32 Å². The van der Waals surface area contributed by atoms with Gasteiger partial charge in [-0.2, -0.15) is 0 Å². The number of rotatable bonds is 6. The first kappa shape index (κ1) is 14.4. The third-order valence-corrected chi connectivity index (χ3v) is 2.36. The average molecular weight is 216 g/mol. The third-order valence-electron chi connectivity index (χ3n) is 2.36. The summed E-state index contributed by atoms with van der Waals surface area (Å²) in [6.07, 6.45) is 0. The largest absolute Gasteiger partial charge is 0.382 e. The lowest BCUT2D eigenvalue weighted by Gasteiger charge is -2.28. The van der Waals surface area contributed by atoms with Gasteiger partial charge in [-0.15, -0.1) is 0 Å². The number of nitrogens with one attached hydrogen (secondary N) is 1. The van der Waals surface area contributed by atoms with Gasteiger partial charge in [-0.05, 0) is 19.8 Å². The van der Waals surface area contributed by atoms with Crippen LogP contribution in [-0.2, 0) is 9.53 Å². The van der Waals surface area contributed by atoms with Crippen LogP contribution >= 0.6 is 0 Å². The molecule has 0 aliphatic carbocycles. The van der Waals surface area contributed by atoms with Crippen LogP contribution in [-0.4, -0.2) is 31.7 Å². The van der Waals surface area contributed by atoms with Crippen molar-refractivity contribution in [2.24, 2.45) is 17.6 Å². The maximum atomic E-state index is 11.9. The number of ether oxygens (including phenoxy) is 1. The minimum atomic E-state index is -0.339. The second-order valence-electron chi connectivity index (χ2n) is 4.89. The Morgan fingerprint density at radius 2 is 2.00 bits per heavy atom. The van der Waals surface area contributed by atoms with Crippen molar-refractivity contribution in [3.63, 3.8) is 0 Å². The fraction of sp³-hybridized carbons (Fsp3) is 0.909. The van der Waals surface area contributed by atoms with Gasteiger partial charge in [-0.25, -0.2) is 0 Å². The molecule has 3 N–H and O–H groups in total. The summed E-state index contributed by atoms with van der Waals surface area (Å²) in [5.74, 6) is 0.143. The van der Waals surface area contributed by atoms with Gasteiger partial charge in [0.05, 0.1) is 18.1 Å². The zero-order chi connectivity index (χ0) is 12.1. The minimum absolute atomic E-state index is 0.00884. The fourth-order valence-corrected chi connectivity index (χ4v) is 1.51. The van der Waals surface area contributed by atoms with Gasteiger partial charge >= 0.3 is 0 Å². The molecule has 15 heavy (non-hydrogen) atoms. The number of amides is 1. The molecule has 0 fully saturated rings. The van der Waals surface area contributed by atoms with Gasteiger partial charge in [0, 0.05) is 13.7 Å². The Kier molecular flexibility index (Phi) is 5.83. The first-order valence-corrected chi connectivity index (χ1v) is 5.35. The van der Waals surface area contributed by atoms with Crippen LogP contribution in [0.15, 0.2) is 0 Å². The van der Waals surface area contributed by atoms with E-state index in [9.17, 15) is 4.79 Å². The fourth-order valence-electron chi connectivity index (χ4n) is 1.51. The Hall–Kier alpha value is -0.610. The van der Waals surface area contributed by atoms with Crippen molar-refractivity contribution < 1.29 is 9.53 Å². The molecule has 0 aliphatic rings. The summed E-state index contributed by atoms with van der Waals surface area (Å²) in [5, 5.41) is 2.95. The van der Waals surface area contributed by atoms with Crippen molar-refractivity contribution in [2.75, 3.05) is 20.3 Å². The molecule has 0 aromatic rings. The van der Waals surface area contributed by atoms with Crippen molar-refractivity contribution in [3.8, 4) is 0 Å². The smallest absolute Gasteiger partial charge is 0.225 e. The van der Waals surface area contributed by atoms with Gasteiger partial charge in [0.25, 0.3) is 0 Å². The van der Waals surface area contributed by atoms with E-state index >= 15 is 0 Å². The molecule has 90 valence electrons. The van der Waals surface area contributed by atoms with Crippen LogP contribution < -0.4 is 11.1 Å². The highest BCUT2D eigenvalue weighted by Gasteiger charge is 2.26. The summed E-state index contributed by atoms with van der Waals surface area (Å²) < 4.78 is 5.04. The van der Waals surface area contributed by atoms with Crippen LogP contribution in [0, 0.1) is 11.8 Å². The summed E-state index contributed by atoms with van der Waals surface area (Å²) in [6.45, 7) is 8.74. The monoisotopic (exact) mass is 216 g/mol. The third kappa shape index (κ3) is 5.14. The number of methoxy groups -OCH3 is 1. The van der Waals surface area contributed by atoms with Crippen LogP contribution in [0.4, 0.5) is 0 Å². The summed E-state index contributed by atoms with van der Waals surface area (Å²) in [4.78, 5) is 11.9. The number of carbonyl (C=O) groups is 1. The van der Waals surface area contributed by atoms with Crippen molar-refractivity contribution in [3.05, 3.63) is 0 Å². The summed E-state index contributed by atoms with van der Waals surface area (Å²) in [5.41, 5.74) is 5.24. The van der Waals surface area contributed by atoms with E-state index in [1.807, 2.05) is 27.7 Å². The maximum absolute atomic E-state index is 11.9. The zero-order valence-electron chi connectivity index (χ0n) is 10.5. The molecule has 4 nitrogen and oxygen atoms in total. The van der Waals surface area contributed by atoms with E-state index < -0.39 is 0 Å². The van der Waals surface area contributed by atoms with Gasteiger partial charge in [0.15, 0.2) is 0 Å². The number of hydrogen-bond donors (Lipinski definition) is 2. The van der Waals surface area contributed by atoms with Gasteiger partial charge in [0.1, 0.15) is 0 Å². The molecule has 0 saturated carbocycles. The molecule has 0 aliphatic heterocycles. The molecule has 0 aromatic carbocycles. The molecule has 1 unspecified atom stereocenters. The van der Waals surface area contributed by atoms with Gasteiger partial charge in [-0.3, -0.25) is 4.79 Å². The quantitative estimate of drug-likeness (QED) is 0.689. The van der Waals surface area contributed by atoms with E-state index in [1.54, 1.807) is 7.11 Å². The highest BCUT2D eigenvalue weighted by Crippen LogP contribution is 2.12. The molecule has 1 amide bonds. The van der Waals surface area contributed by atoms with E-state index in [2.05, 4.69) is 5.32 Å². The Balaban J connectivity index is 4.33. The molecule has 0 saturated heterocycles. The SMILES string of the molecule is COCC(C)(C)NC(=O)C(CN)C(C)C. The van der Waals surface area contributed by atoms with Crippen LogP contribution in [0.25, 0.3) is 0 Å². The Morgan fingerprint density at radius 3 is 2.33 bits per heavy atom. The molecule has 0 radical (unpaired) electrons. The van der Waals surface area contributed by atoms with Crippen LogP contribution in [0.3, 0.4) is 0 Å². The normalized spacial score (nSPS) is 14.1. The molecule has 0 spiro atoms. The average Bonchev–Trinajstić information content (AvgIpc) is 2.02. The van der Waals surface area contributed by atoms with Crippen molar-refractivity contribution in [1.29, 1.82) is 0 Å². The van der Waals surface area contributed by atoms with Crippen LogP contribution in [0.5, 0.6) is 0 Å². The Labute approximate surface area is 92.6 Å². The van der Waals surface area contributed by atoms with Crippen molar-refractivity contribution in [2.45, 2.75) is 33.2 Å². The number of nitrogens with two attached hydrogens (primary N) is 1. The second-order valence-corrected chi connectivity index (χ2v) is 4.89. The molecular weight excluding hydrogens is 192 g/mol. The van der Waals surface area contributed by atoms with Gasteiger partial charge in [0.2, 0.25) is 5.91 Å². The minimum Gasteiger partial charge on any atom is -0.382 e. The van der Waals surface area contributed by atoms with E-state index in [0.717, 1.165) is 0 Å². The first-order chi connectivity index (χ1) is 6.84. The lowest BCUT2D eigenvalue weighted by Crippen LogP contribution is -2.51. The standard InChI is InChI=1S/C11H24N2O2/c1-8(2)9(6-12)10(14)13-11(3,4)7-15-5/h8-9H,6-7,12H2,1-5H3,(H,13,14). The van der Waals surface area contributed by atoms with E-state index in [-0.39, 0.29) is 23.3 Å². The topological polar surface area (TPSA) is 64.3 Å². The first-order valence-electron chi connectivity index (χ1n) is 5.35. The molecule has 4 heteroatoms. The second kappa shape index (κ2) is 6.08. The summed E-state index contributed by atoms with van der Waals surface area (Å²) >= 11 is 0. The van der Waals surface area contributed by atoms with Crippen LogP contribution in [0.2, 0.25) is 0 Å². The van der Waals surface area contributed by atoms with Gasteiger partial charge in [-0.1, -0.05) is 13.8 Å².